The van der Waals surface area contributed by atoms with Crippen LogP contribution in [-0.4, -0.2) is 40.8 Å². The average Bonchev–Trinajstić information content (AvgIpc) is 3.10. The second-order valence-corrected chi connectivity index (χ2v) is 8.03. The summed E-state index contributed by atoms with van der Waals surface area (Å²) in [7, 11) is 0. The lowest BCUT2D eigenvalue weighted by atomic mass is 9.68. The SMILES string of the molecule is CC1(C)C2=C(C=CC(OC[C@H](O)CCC(=O)O)C2)C(=O)c2c1oc1cc#ccc21. The minimum atomic E-state index is -0.948. The Morgan fingerprint density at radius 2 is 2.14 bits per heavy atom. The third kappa shape index (κ3) is 3.37. The van der Waals surface area contributed by atoms with E-state index in [4.69, 9.17) is 14.3 Å². The lowest BCUT2D eigenvalue weighted by Gasteiger charge is -2.36. The van der Waals surface area contributed by atoms with E-state index in [9.17, 15) is 14.7 Å². The highest BCUT2D eigenvalue weighted by Gasteiger charge is 2.44. The molecule has 6 nitrogen and oxygen atoms in total. The molecule has 2 aromatic rings. The topological polar surface area (TPSA) is 97.0 Å². The van der Waals surface area contributed by atoms with Gasteiger partial charge in [-0.15, -0.1) is 0 Å². The maximum Gasteiger partial charge on any atom is 0.303 e. The van der Waals surface area contributed by atoms with Crippen molar-refractivity contribution in [1.29, 1.82) is 0 Å². The minimum absolute atomic E-state index is 0.0425. The summed E-state index contributed by atoms with van der Waals surface area (Å²) in [5, 5.41) is 19.4. The number of hydrogen-bond acceptors (Lipinski definition) is 5. The van der Waals surface area contributed by atoms with Crippen LogP contribution >= 0.6 is 0 Å². The van der Waals surface area contributed by atoms with Crippen molar-refractivity contribution in [2.75, 3.05) is 6.61 Å². The molecule has 2 aliphatic carbocycles. The number of carboxylic acids is 1. The molecule has 0 fully saturated rings. The van der Waals surface area contributed by atoms with Gasteiger partial charge in [0.1, 0.15) is 11.3 Å². The molecule has 2 aliphatic rings. The fourth-order valence-electron chi connectivity index (χ4n) is 4.08. The van der Waals surface area contributed by atoms with Gasteiger partial charge in [-0.1, -0.05) is 24.3 Å². The fraction of sp³-hybridized carbons (Fsp3) is 0.391. The summed E-state index contributed by atoms with van der Waals surface area (Å²) < 4.78 is 11.8. The number of ketones is 1. The quantitative estimate of drug-likeness (QED) is 0.780. The summed E-state index contributed by atoms with van der Waals surface area (Å²) >= 11 is 0. The van der Waals surface area contributed by atoms with Crippen molar-refractivity contribution < 1.29 is 29.0 Å². The van der Waals surface area contributed by atoms with Gasteiger partial charge in [0.15, 0.2) is 5.78 Å². The highest BCUT2D eigenvalue weighted by Crippen LogP contribution is 2.48. The molecule has 0 spiro atoms. The number of carboxylic acid groups (broad SMARTS) is 1. The van der Waals surface area contributed by atoms with Crippen LogP contribution in [0.25, 0.3) is 11.0 Å². The zero-order chi connectivity index (χ0) is 20.8. The number of carbonyl (C=O) groups excluding carboxylic acids is 1. The number of fused-ring (bicyclic) bond motifs is 3. The predicted octanol–water partition coefficient (Wildman–Crippen LogP) is 3.37. The molecule has 2 atom stereocenters. The number of aliphatic hydroxyl groups excluding tert-OH is 1. The van der Waals surface area contributed by atoms with Gasteiger partial charge in [-0.25, -0.2) is 0 Å². The van der Waals surface area contributed by atoms with Crippen LogP contribution in [0.2, 0.25) is 0 Å². The van der Waals surface area contributed by atoms with Crippen LogP contribution in [0.4, 0.5) is 0 Å². The molecule has 0 amide bonds. The van der Waals surface area contributed by atoms with Gasteiger partial charge in [0.05, 0.1) is 24.4 Å². The van der Waals surface area contributed by atoms with Crippen LogP contribution in [0, 0.1) is 12.1 Å². The van der Waals surface area contributed by atoms with Crippen molar-refractivity contribution >= 4 is 22.7 Å². The van der Waals surface area contributed by atoms with Crippen LogP contribution in [0.5, 0.6) is 0 Å². The van der Waals surface area contributed by atoms with Gasteiger partial charge in [0, 0.05) is 41.3 Å². The smallest absolute Gasteiger partial charge is 0.303 e. The number of aliphatic carboxylic acids is 1. The zero-order valence-electron chi connectivity index (χ0n) is 16.3. The number of furan rings is 1. The van der Waals surface area contributed by atoms with E-state index in [0.29, 0.717) is 28.9 Å². The molecular formula is C23H22O6. The predicted molar refractivity (Wildman–Crippen MR) is 105 cm³/mol. The molecule has 150 valence electrons. The second-order valence-electron chi connectivity index (χ2n) is 8.03. The highest BCUT2D eigenvalue weighted by atomic mass is 16.5. The molecule has 1 aromatic carbocycles. The van der Waals surface area contributed by atoms with Gasteiger partial charge >= 0.3 is 5.97 Å². The summed E-state index contributed by atoms with van der Waals surface area (Å²) in [6.45, 7) is 4.10. The Morgan fingerprint density at radius 1 is 1.38 bits per heavy atom. The first-order valence-electron chi connectivity index (χ1n) is 9.61. The first-order chi connectivity index (χ1) is 13.8. The summed E-state index contributed by atoms with van der Waals surface area (Å²) in [6.07, 6.45) is 3.01. The number of aliphatic hydroxyl groups is 1. The van der Waals surface area contributed by atoms with Crippen LogP contribution in [0.15, 0.2) is 39.8 Å². The average molecular weight is 394 g/mol. The second kappa shape index (κ2) is 7.18. The van der Waals surface area contributed by atoms with Gasteiger partial charge in [-0.3, -0.25) is 9.59 Å². The van der Waals surface area contributed by atoms with E-state index < -0.39 is 17.5 Å². The number of Topliss-reactive ketones (excluding diaryl/α,β-unsaturated/α-hetero) is 1. The van der Waals surface area contributed by atoms with Crippen molar-refractivity contribution in [3.8, 4) is 0 Å². The molecular weight excluding hydrogens is 372 g/mol. The van der Waals surface area contributed by atoms with E-state index >= 15 is 0 Å². The number of hydrogen-bond donors (Lipinski definition) is 2. The van der Waals surface area contributed by atoms with Crippen LogP contribution in [-0.2, 0) is 14.9 Å². The first-order valence-corrected chi connectivity index (χ1v) is 9.61. The Balaban J connectivity index is 1.56. The molecule has 6 heteroatoms. The van der Waals surface area contributed by atoms with Gasteiger partial charge in [0.25, 0.3) is 0 Å². The minimum Gasteiger partial charge on any atom is -0.481 e. The van der Waals surface area contributed by atoms with Crippen molar-refractivity contribution in [1.82, 2.24) is 0 Å². The largest absolute Gasteiger partial charge is 0.481 e. The molecule has 0 radical (unpaired) electrons. The standard InChI is InChI=1S/C23H22O6/c1-23(2)17-11-14(28-12-13(24)7-10-19(25)26)8-9-15(17)21(27)20-16-5-3-4-6-18(16)29-22(20)23/h5-6,8-9,13-14,24H,7,10-12H2,1-2H3,(H,25,26)/t13-,14?/m1/s1. The fourth-order valence-corrected chi connectivity index (χ4v) is 4.08. The molecule has 2 N–H and O–H groups in total. The first kappa shape index (κ1) is 19.4. The van der Waals surface area contributed by atoms with Gasteiger partial charge in [-0.2, -0.15) is 0 Å². The molecule has 0 saturated carbocycles. The number of rotatable bonds is 6. The van der Waals surface area contributed by atoms with Crippen molar-refractivity contribution in [3.63, 3.8) is 0 Å². The van der Waals surface area contributed by atoms with Crippen molar-refractivity contribution in [3.05, 3.63) is 58.9 Å². The van der Waals surface area contributed by atoms with Crippen molar-refractivity contribution in [2.24, 2.45) is 0 Å². The van der Waals surface area contributed by atoms with E-state index in [1.165, 1.54) is 0 Å². The third-order valence-electron chi connectivity index (χ3n) is 5.67. The van der Waals surface area contributed by atoms with Crippen molar-refractivity contribution in [2.45, 2.75) is 50.7 Å². The lowest BCUT2D eigenvalue weighted by molar-refractivity contribution is -0.137. The van der Waals surface area contributed by atoms with Crippen LogP contribution < -0.4 is 0 Å². The van der Waals surface area contributed by atoms with E-state index in [-0.39, 0.29) is 31.3 Å². The number of ether oxygens (including phenoxy) is 1. The molecule has 1 heterocycles. The maximum atomic E-state index is 13.2. The summed E-state index contributed by atoms with van der Waals surface area (Å²) in [4.78, 5) is 23.8. The normalized spacial score (nSPS) is 20.9. The Hall–Kier alpha value is -2.88. The summed E-state index contributed by atoms with van der Waals surface area (Å²) in [5.74, 6) is -0.376. The molecule has 29 heavy (non-hydrogen) atoms. The van der Waals surface area contributed by atoms with Gasteiger partial charge < -0.3 is 19.4 Å². The number of carbonyl (C=O) groups is 2. The van der Waals surface area contributed by atoms with E-state index in [0.717, 1.165) is 11.0 Å². The summed E-state index contributed by atoms with van der Waals surface area (Å²) in [5.41, 5.74) is 2.31. The van der Waals surface area contributed by atoms with Gasteiger partial charge in [-0.05, 0) is 25.8 Å². The molecule has 4 rings (SSSR count). The van der Waals surface area contributed by atoms with E-state index in [1.807, 2.05) is 19.9 Å². The third-order valence-corrected chi connectivity index (χ3v) is 5.67. The Bertz CT molecular complexity index is 1040. The van der Waals surface area contributed by atoms with E-state index in [1.54, 1.807) is 18.2 Å². The van der Waals surface area contributed by atoms with E-state index in [2.05, 4.69) is 12.1 Å². The van der Waals surface area contributed by atoms with Crippen LogP contribution in [0.1, 0.15) is 49.2 Å². The van der Waals surface area contributed by atoms with Crippen LogP contribution in [0.3, 0.4) is 0 Å². The molecule has 1 unspecified atom stereocenters. The summed E-state index contributed by atoms with van der Waals surface area (Å²) in [6, 6.07) is 9.18. The molecule has 0 aliphatic heterocycles. The molecule has 0 bridgehead atoms. The van der Waals surface area contributed by atoms with Gasteiger partial charge in [0.2, 0.25) is 0 Å². The Labute approximate surface area is 168 Å². The molecule has 0 saturated heterocycles. The highest BCUT2D eigenvalue weighted by molar-refractivity contribution is 6.20. The Kier molecular flexibility index (Phi) is 4.81. The number of allylic oxidation sites excluding steroid dienone is 2. The Morgan fingerprint density at radius 3 is 2.90 bits per heavy atom. The lowest BCUT2D eigenvalue weighted by Crippen LogP contribution is -2.34. The monoisotopic (exact) mass is 394 g/mol. The zero-order valence-corrected chi connectivity index (χ0v) is 16.3. The molecule has 1 aromatic heterocycles. The maximum absolute atomic E-state index is 13.2.